The van der Waals surface area contributed by atoms with E-state index >= 15 is 0 Å². The maximum absolute atomic E-state index is 12.7. The molecule has 0 fully saturated rings. The Kier molecular flexibility index (Phi) is 7.38. The number of H-pyrrole nitrogens is 1. The van der Waals surface area contributed by atoms with Crippen molar-refractivity contribution in [1.82, 2.24) is 9.88 Å². The SMILES string of the molecule is COC(=O)c1c(CC(=O)N(C)CC(=O)Nc2c(C)cc(C)cc2C)[nH]c(C(C)=O)c1C. The summed E-state index contributed by atoms with van der Waals surface area (Å²) in [5, 5.41) is 2.86. The van der Waals surface area contributed by atoms with Crippen molar-refractivity contribution in [2.24, 2.45) is 0 Å². The first-order valence-electron chi connectivity index (χ1n) is 9.88. The fourth-order valence-electron chi connectivity index (χ4n) is 3.67. The maximum Gasteiger partial charge on any atom is 0.339 e. The van der Waals surface area contributed by atoms with Gasteiger partial charge in [0.2, 0.25) is 11.8 Å². The zero-order valence-corrected chi connectivity index (χ0v) is 19.1. The number of aromatic amines is 1. The number of aromatic nitrogens is 1. The van der Waals surface area contributed by atoms with Gasteiger partial charge in [-0.1, -0.05) is 17.7 Å². The molecule has 2 rings (SSSR count). The summed E-state index contributed by atoms with van der Waals surface area (Å²) in [5.41, 5.74) is 4.88. The van der Waals surface area contributed by atoms with Gasteiger partial charge in [0.1, 0.15) is 0 Å². The van der Waals surface area contributed by atoms with Crippen molar-refractivity contribution in [2.45, 2.75) is 41.0 Å². The molecule has 2 amide bonds. The average Bonchev–Trinajstić information content (AvgIpc) is 3.00. The minimum atomic E-state index is -0.630. The van der Waals surface area contributed by atoms with Gasteiger partial charge in [-0.3, -0.25) is 14.4 Å². The molecule has 0 radical (unpaired) electrons. The first kappa shape index (κ1) is 23.9. The Balaban J connectivity index is 2.14. The lowest BCUT2D eigenvalue weighted by atomic mass is 10.1. The predicted octanol–water partition coefficient (Wildman–Crippen LogP) is 2.88. The lowest BCUT2D eigenvalue weighted by Gasteiger charge is -2.18. The highest BCUT2D eigenvalue weighted by molar-refractivity contribution is 6.01. The van der Waals surface area contributed by atoms with Crippen LogP contribution in [-0.2, 0) is 20.7 Å². The number of rotatable bonds is 7. The summed E-state index contributed by atoms with van der Waals surface area (Å²) >= 11 is 0. The molecule has 0 saturated carbocycles. The van der Waals surface area contributed by atoms with Crippen molar-refractivity contribution in [3.05, 3.63) is 51.3 Å². The second-order valence-corrected chi connectivity index (χ2v) is 7.77. The van der Waals surface area contributed by atoms with E-state index in [9.17, 15) is 19.2 Å². The molecule has 2 N–H and O–H groups in total. The number of amides is 2. The molecule has 1 heterocycles. The molecule has 0 aliphatic carbocycles. The van der Waals surface area contributed by atoms with Crippen molar-refractivity contribution in [3.8, 4) is 0 Å². The number of likely N-dealkylation sites (N-methyl/N-ethyl adjacent to an activating group) is 1. The number of carbonyl (C=O) groups is 4. The van der Waals surface area contributed by atoms with Crippen molar-refractivity contribution in [3.63, 3.8) is 0 Å². The normalized spacial score (nSPS) is 10.5. The third kappa shape index (κ3) is 5.39. The molecule has 0 spiro atoms. The standard InChI is InChI=1S/C23H29N3O5/c1-12-8-13(2)21(14(3)9-12)25-18(28)11-26(6)19(29)10-17-20(23(30)31-7)15(4)22(24-17)16(5)27/h8-9,24H,10-11H2,1-7H3,(H,25,28). The summed E-state index contributed by atoms with van der Waals surface area (Å²) < 4.78 is 4.80. The number of carbonyl (C=O) groups excluding carboxylic acids is 4. The lowest BCUT2D eigenvalue weighted by Crippen LogP contribution is -2.36. The Hall–Kier alpha value is -3.42. The van der Waals surface area contributed by atoms with Gasteiger partial charge in [-0.15, -0.1) is 0 Å². The molecule has 0 aliphatic heterocycles. The van der Waals surface area contributed by atoms with Gasteiger partial charge in [0.15, 0.2) is 5.78 Å². The molecule has 31 heavy (non-hydrogen) atoms. The topological polar surface area (TPSA) is 109 Å². The van der Waals surface area contributed by atoms with E-state index in [2.05, 4.69) is 10.3 Å². The number of ether oxygens (including phenoxy) is 1. The highest BCUT2D eigenvalue weighted by Gasteiger charge is 2.25. The Labute approximate surface area is 182 Å². The highest BCUT2D eigenvalue weighted by Crippen LogP contribution is 2.23. The number of ketones is 1. The molecule has 0 atom stereocenters. The molecule has 8 heteroatoms. The summed E-state index contributed by atoms with van der Waals surface area (Å²) in [5.74, 6) is -1.59. The van der Waals surface area contributed by atoms with Gasteiger partial charge in [0, 0.05) is 25.4 Å². The number of anilines is 1. The van der Waals surface area contributed by atoms with Crippen LogP contribution in [-0.4, -0.2) is 54.2 Å². The zero-order valence-electron chi connectivity index (χ0n) is 19.1. The number of benzene rings is 1. The largest absolute Gasteiger partial charge is 0.465 e. The number of aryl methyl sites for hydroxylation is 3. The minimum Gasteiger partial charge on any atom is -0.465 e. The first-order valence-corrected chi connectivity index (χ1v) is 9.88. The van der Waals surface area contributed by atoms with Gasteiger partial charge in [0.05, 0.1) is 31.3 Å². The minimum absolute atomic E-state index is 0.154. The number of hydrogen-bond acceptors (Lipinski definition) is 5. The van der Waals surface area contributed by atoms with E-state index < -0.39 is 5.97 Å². The van der Waals surface area contributed by atoms with E-state index in [4.69, 9.17) is 4.74 Å². The Bertz CT molecular complexity index is 1030. The molecule has 0 saturated heterocycles. The van der Waals surface area contributed by atoms with Crippen LogP contribution in [0.15, 0.2) is 12.1 Å². The number of nitrogens with one attached hydrogen (secondary N) is 2. The van der Waals surface area contributed by atoms with E-state index in [0.717, 1.165) is 22.4 Å². The number of Topliss-reactive ketones (excluding diaryl/α,β-unsaturated/α-hetero) is 1. The van der Waals surface area contributed by atoms with Crippen LogP contribution in [0, 0.1) is 27.7 Å². The van der Waals surface area contributed by atoms with Gasteiger partial charge < -0.3 is 19.9 Å². The number of esters is 1. The highest BCUT2D eigenvalue weighted by atomic mass is 16.5. The number of methoxy groups -OCH3 is 1. The van der Waals surface area contributed by atoms with E-state index in [1.54, 1.807) is 6.92 Å². The Morgan fingerprint density at radius 3 is 2.16 bits per heavy atom. The summed E-state index contributed by atoms with van der Waals surface area (Å²) in [6.07, 6.45) is -0.176. The molecular weight excluding hydrogens is 398 g/mol. The van der Waals surface area contributed by atoms with Crippen LogP contribution >= 0.6 is 0 Å². The smallest absolute Gasteiger partial charge is 0.339 e. The second-order valence-electron chi connectivity index (χ2n) is 7.77. The first-order chi connectivity index (χ1) is 14.5. The molecular formula is C23H29N3O5. The number of nitrogens with zero attached hydrogens (tertiary/aromatic N) is 1. The molecule has 2 aromatic rings. The van der Waals surface area contributed by atoms with Crippen molar-refractivity contribution in [1.29, 1.82) is 0 Å². The maximum atomic E-state index is 12.7. The summed E-state index contributed by atoms with van der Waals surface area (Å²) in [7, 11) is 2.75. The Morgan fingerprint density at radius 2 is 1.65 bits per heavy atom. The molecule has 0 unspecified atom stereocenters. The van der Waals surface area contributed by atoms with Gasteiger partial charge in [-0.2, -0.15) is 0 Å². The van der Waals surface area contributed by atoms with Crippen LogP contribution in [0.25, 0.3) is 0 Å². The van der Waals surface area contributed by atoms with Crippen molar-refractivity contribution in [2.75, 3.05) is 26.0 Å². The Morgan fingerprint density at radius 1 is 1.06 bits per heavy atom. The van der Waals surface area contributed by atoms with Crippen LogP contribution in [0.3, 0.4) is 0 Å². The molecule has 0 aliphatic rings. The van der Waals surface area contributed by atoms with Crippen LogP contribution in [0.4, 0.5) is 5.69 Å². The van der Waals surface area contributed by atoms with E-state index in [1.165, 1.54) is 26.0 Å². The van der Waals surface area contributed by atoms with Gasteiger partial charge in [-0.25, -0.2) is 4.79 Å². The summed E-state index contributed by atoms with van der Waals surface area (Å²) in [6.45, 7) is 8.66. The van der Waals surface area contributed by atoms with Crippen LogP contribution in [0.1, 0.15) is 55.7 Å². The van der Waals surface area contributed by atoms with Crippen molar-refractivity contribution < 1.29 is 23.9 Å². The predicted molar refractivity (Wildman–Crippen MR) is 117 cm³/mol. The fourth-order valence-corrected chi connectivity index (χ4v) is 3.67. The lowest BCUT2D eigenvalue weighted by molar-refractivity contribution is -0.132. The quantitative estimate of drug-likeness (QED) is 0.522. The third-order valence-electron chi connectivity index (χ3n) is 5.15. The second kappa shape index (κ2) is 9.59. The van der Waals surface area contributed by atoms with Crippen LogP contribution in [0.5, 0.6) is 0 Å². The fraction of sp³-hybridized carbons (Fsp3) is 0.391. The molecule has 1 aromatic carbocycles. The van der Waals surface area contributed by atoms with Gasteiger partial charge in [-0.05, 0) is 44.4 Å². The monoisotopic (exact) mass is 427 g/mol. The molecule has 8 nitrogen and oxygen atoms in total. The summed E-state index contributed by atoms with van der Waals surface area (Å²) in [6, 6.07) is 3.96. The van der Waals surface area contributed by atoms with Crippen LogP contribution in [0.2, 0.25) is 0 Å². The van der Waals surface area contributed by atoms with E-state index in [0.29, 0.717) is 5.56 Å². The summed E-state index contributed by atoms with van der Waals surface area (Å²) in [4.78, 5) is 53.4. The van der Waals surface area contributed by atoms with Crippen LogP contribution < -0.4 is 5.32 Å². The van der Waals surface area contributed by atoms with E-state index in [-0.39, 0.29) is 47.5 Å². The number of hydrogen-bond donors (Lipinski definition) is 2. The van der Waals surface area contributed by atoms with E-state index in [1.807, 2.05) is 32.9 Å². The molecule has 1 aromatic heterocycles. The molecule has 166 valence electrons. The zero-order chi connectivity index (χ0) is 23.5. The molecule has 0 bridgehead atoms. The average molecular weight is 428 g/mol. The van der Waals surface area contributed by atoms with Gasteiger partial charge in [0.25, 0.3) is 0 Å². The van der Waals surface area contributed by atoms with Gasteiger partial charge >= 0.3 is 5.97 Å². The van der Waals surface area contributed by atoms with Crippen molar-refractivity contribution >= 4 is 29.3 Å². The third-order valence-corrected chi connectivity index (χ3v) is 5.15.